The number of carbonyl (C=O) groups is 1. The second kappa shape index (κ2) is 4.94. The first-order valence-corrected chi connectivity index (χ1v) is 8.05. The van der Waals surface area contributed by atoms with Crippen molar-refractivity contribution in [3.05, 3.63) is 0 Å². The van der Waals surface area contributed by atoms with Crippen LogP contribution < -0.4 is 11.1 Å². The van der Waals surface area contributed by atoms with Crippen molar-refractivity contribution in [2.24, 2.45) is 11.7 Å². The van der Waals surface area contributed by atoms with Crippen molar-refractivity contribution < 1.29 is 13.2 Å². The van der Waals surface area contributed by atoms with Crippen molar-refractivity contribution >= 4 is 15.7 Å². The Kier molecular flexibility index (Phi) is 3.73. The fourth-order valence-electron chi connectivity index (χ4n) is 2.16. The Morgan fingerprint density at radius 2 is 1.82 bits per heavy atom. The first-order chi connectivity index (χ1) is 7.96. The van der Waals surface area contributed by atoms with Gasteiger partial charge in [-0.3, -0.25) is 4.79 Å². The molecule has 1 amide bonds. The number of nitrogens with one attached hydrogen (secondary N) is 1. The van der Waals surface area contributed by atoms with Crippen LogP contribution in [0.25, 0.3) is 0 Å². The molecular weight excluding hydrogens is 240 g/mol. The summed E-state index contributed by atoms with van der Waals surface area (Å²) in [6.45, 7) is 0. The molecule has 0 aromatic rings. The summed E-state index contributed by atoms with van der Waals surface area (Å²) in [4.78, 5) is 11.8. The molecule has 2 rings (SSSR count). The topological polar surface area (TPSA) is 89.3 Å². The molecule has 0 bridgehead atoms. The van der Waals surface area contributed by atoms with Gasteiger partial charge < -0.3 is 11.1 Å². The SMILES string of the molecule is N[C@@H](CC1CC1)C(=O)NC1CCS(=O)(=O)CC1. The fraction of sp³-hybridized carbons (Fsp3) is 0.909. The largest absolute Gasteiger partial charge is 0.352 e. The van der Waals surface area contributed by atoms with Crippen molar-refractivity contribution in [3.63, 3.8) is 0 Å². The predicted molar refractivity (Wildman–Crippen MR) is 65.1 cm³/mol. The van der Waals surface area contributed by atoms with Crippen molar-refractivity contribution in [2.75, 3.05) is 11.5 Å². The van der Waals surface area contributed by atoms with Gasteiger partial charge in [0.05, 0.1) is 17.5 Å². The smallest absolute Gasteiger partial charge is 0.237 e. The molecule has 0 spiro atoms. The van der Waals surface area contributed by atoms with Gasteiger partial charge in [-0.2, -0.15) is 0 Å². The third-order valence-corrected chi connectivity index (χ3v) is 5.24. The van der Waals surface area contributed by atoms with Gasteiger partial charge in [0.15, 0.2) is 0 Å². The minimum Gasteiger partial charge on any atom is -0.352 e. The third kappa shape index (κ3) is 3.96. The van der Waals surface area contributed by atoms with Crippen LogP contribution in [0.1, 0.15) is 32.1 Å². The summed E-state index contributed by atoms with van der Waals surface area (Å²) in [6.07, 6.45) is 4.16. The van der Waals surface area contributed by atoms with Crippen LogP contribution in [-0.4, -0.2) is 37.9 Å². The average Bonchev–Trinajstić information content (AvgIpc) is 3.05. The summed E-state index contributed by atoms with van der Waals surface area (Å²) >= 11 is 0. The molecule has 1 aliphatic heterocycles. The van der Waals surface area contributed by atoms with Crippen LogP contribution in [0.4, 0.5) is 0 Å². The average molecular weight is 260 g/mol. The maximum atomic E-state index is 11.8. The molecule has 1 heterocycles. The predicted octanol–water partition coefficient (Wildman–Crippen LogP) is -0.193. The first kappa shape index (κ1) is 12.8. The van der Waals surface area contributed by atoms with Crippen molar-refractivity contribution in [1.29, 1.82) is 0 Å². The number of nitrogens with two attached hydrogens (primary N) is 1. The van der Waals surface area contributed by atoms with Crippen molar-refractivity contribution in [1.82, 2.24) is 5.32 Å². The molecule has 1 saturated heterocycles. The zero-order valence-electron chi connectivity index (χ0n) is 9.89. The summed E-state index contributed by atoms with van der Waals surface area (Å²) in [5, 5.41) is 2.86. The zero-order chi connectivity index (χ0) is 12.5. The monoisotopic (exact) mass is 260 g/mol. The van der Waals surface area contributed by atoms with E-state index >= 15 is 0 Å². The Morgan fingerprint density at radius 3 is 2.35 bits per heavy atom. The van der Waals surface area contributed by atoms with Crippen LogP contribution in [-0.2, 0) is 14.6 Å². The first-order valence-electron chi connectivity index (χ1n) is 6.22. The Bertz CT molecular complexity index is 376. The maximum Gasteiger partial charge on any atom is 0.237 e. The quantitative estimate of drug-likeness (QED) is 0.733. The molecule has 1 saturated carbocycles. The van der Waals surface area contributed by atoms with Crippen LogP contribution in [0.3, 0.4) is 0 Å². The van der Waals surface area contributed by atoms with E-state index in [9.17, 15) is 13.2 Å². The second-order valence-corrected chi connectivity index (χ2v) is 7.52. The molecule has 6 heteroatoms. The van der Waals surface area contributed by atoms with E-state index < -0.39 is 15.9 Å². The van der Waals surface area contributed by atoms with Crippen LogP contribution >= 0.6 is 0 Å². The van der Waals surface area contributed by atoms with E-state index in [4.69, 9.17) is 5.73 Å². The summed E-state index contributed by atoms with van der Waals surface area (Å²) in [7, 11) is -2.86. The van der Waals surface area contributed by atoms with Crippen molar-refractivity contribution in [3.8, 4) is 0 Å². The van der Waals surface area contributed by atoms with Gasteiger partial charge in [-0.05, 0) is 25.2 Å². The van der Waals surface area contributed by atoms with Gasteiger partial charge in [0.25, 0.3) is 0 Å². The van der Waals surface area contributed by atoms with Gasteiger partial charge in [-0.25, -0.2) is 8.42 Å². The van der Waals surface area contributed by atoms with E-state index in [0.29, 0.717) is 18.8 Å². The second-order valence-electron chi connectivity index (χ2n) is 5.22. The lowest BCUT2D eigenvalue weighted by Crippen LogP contribution is -2.48. The standard InChI is InChI=1S/C11H20N2O3S/c12-10(7-8-1-2-8)11(14)13-9-3-5-17(15,16)6-4-9/h8-10H,1-7,12H2,(H,13,14)/t10-/m0/s1. The highest BCUT2D eigenvalue weighted by molar-refractivity contribution is 7.91. The fourth-order valence-corrected chi connectivity index (χ4v) is 3.65. The Labute approximate surface area is 102 Å². The lowest BCUT2D eigenvalue weighted by Gasteiger charge is -2.24. The van der Waals surface area contributed by atoms with Gasteiger partial charge in [-0.15, -0.1) is 0 Å². The Morgan fingerprint density at radius 1 is 1.24 bits per heavy atom. The van der Waals surface area contributed by atoms with E-state index in [-0.39, 0.29) is 23.5 Å². The lowest BCUT2D eigenvalue weighted by molar-refractivity contribution is -0.123. The molecular formula is C11H20N2O3S. The molecule has 0 radical (unpaired) electrons. The molecule has 98 valence electrons. The van der Waals surface area contributed by atoms with E-state index in [0.717, 1.165) is 6.42 Å². The van der Waals surface area contributed by atoms with Crippen LogP contribution in [0, 0.1) is 5.92 Å². The molecule has 5 nitrogen and oxygen atoms in total. The Balaban J connectivity index is 1.74. The van der Waals surface area contributed by atoms with Gasteiger partial charge in [0, 0.05) is 6.04 Å². The normalized spacial score (nSPS) is 26.4. The van der Waals surface area contributed by atoms with E-state index in [1.165, 1.54) is 12.8 Å². The summed E-state index contributed by atoms with van der Waals surface area (Å²) in [6, 6.07) is -0.447. The van der Waals surface area contributed by atoms with Gasteiger partial charge in [0.1, 0.15) is 9.84 Å². The molecule has 3 N–H and O–H groups in total. The number of carbonyl (C=O) groups excluding carboxylic acids is 1. The summed E-state index contributed by atoms with van der Waals surface area (Å²) in [5.41, 5.74) is 5.80. The van der Waals surface area contributed by atoms with E-state index in [1.54, 1.807) is 0 Å². The number of amides is 1. The van der Waals surface area contributed by atoms with Crippen molar-refractivity contribution in [2.45, 2.75) is 44.2 Å². The molecule has 1 atom stereocenters. The van der Waals surface area contributed by atoms with E-state index in [2.05, 4.69) is 5.32 Å². The van der Waals surface area contributed by atoms with Gasteiger partial charge in [-0.1, -0.05) is 12.8 Å². The highest BCUT2D eigenvalue weighted by Gasteiger charge is 2.29. The third-order valence-electron chi connectivity index (χ3n) is 3.52. The van der Waals surface area contributed by atoms with E-state index in [1.807, 2.05) is 0 Å². The van der Waals surface area contributed by atoms with Gasteiger partial charge in [0.2, 0.25) is 5.91 Å². The number of sulfone groups is 1. The molecule has 0 aromatic heterocycles. The highest BCUT2D eigenvalue weighted by Crippen LogP contribution is 2.33. The molecule has 0 aromatic carbocycles. The highest BCUT2D eigenvalue weighted by atomic mass is 32.2. The molecule has 2 aliphatic rings. The molecule has 0 unspecified atom stereocenters. The molecule has 1 aliphatic carbocycles. The van der Waals surface area contributed by atoms with Gasteiger partial charge >= 0.3 is 0 Å². The summed E-state index contributed by atoms with van der Waals surface area (Å²) in [5.74, 6) is 0.856. The van der Waals surface area contributed by atoms with Crippen LogP contribution in [0.15, 0.2) is 0 Å². The number of hydrogen-bond acceptors (Lipinski definition) is 4. The molecule has 2 fully saturated rings. The van der Waals surface area contributed by atoms with Crippen LogP contribution in [0.5, 0.6) is 0 Å². The maximum absolute atomic E-state index is 11.8. The summed E-state index contributed by atoms with van der Waals surface area (Å²) < 4.78 is 22.5. The lowest BCUT2D eigenvalue weighted by atomic mass is 10.1. The Hall–Kier alpha value is -0.620. The number of hydrogen-bond donors (Lipinski definition) is 2. The minimum atomic E-state index is -2.86. The number of rotatable bonds is 4. The molecule has 17 heavy (non-hydrogen) atoms. The van der Waals surface area contributed by atoms with Crippen LogP contribution in [0.2, 0.25) is 0 Å². The minimum absolute atomic E-state index is 0.0173. The zero-order valence-corrected chi connectivity index (χ0v) is 10.7.